The summed E-state index contributed by atoms with van der Waals surface area (Å²) in [6.45, 7) is -0.664. The minimum Gasteiger partial charge on any atom is -0.472 e. The lowest BCUT2D eigenvalue weighted by Gasteiger charge is -2.24. The van der Waals surface area contributed by atoms with E-state index in [1.165, 1.54) is 18.3 Å². The molecule has 0 bridgehead atoms. The van der Waals surface area contributed by atoms with E-state index < -0.39 is 13.0 Å². The van der Waals surface area contributed by atoms with Crippen molar-refractivity contribution in [2.24, 2.45) is 5.92 Å². The van der Waals surface area contributed by atoms with Crippen LogP contribution in [-0.4, -0.2) is 41.7 Å². The normalized spacial score (nSPS) is 21.7. The lowest BCUT2D eigenvalue weighted by Crippen LogP contribution is -2.41. The number of rotatable bonds is 6. The van der Waals surface area contributed by atoms with Crippen molar-refractivity contribution < 1.29 is 23.4 Å². The van der Waals surface area contributed by atoms with Crippen LogP contribution in [0.25, 0.3) is 0 Å². The third kappa shape index (κ3) is 5.42. The molecule has 1 amide bonds. The first-order valence-corrected chi connectivity index (χ1v) is 7.89. The van der Waals surface area contributed by atoms with Gasteiger partial charge in [-0.3, -0.25) is 4.79 Å². The molecule has 0 saturated heterocycles. The molecular weight excluding hydrogens is 306 g/mol. The molecule has 2 N–H and O–H groups in total. The summed E-state index contributed by atoms with van der Waals surface area (Å²) in [4.78, 5) is 16.1. The third-order valence-corrected chi connectivity index (χ3v) is 4.07. The number of halogens is 2. The van der Waals surface area contributed by atoms with E-state index in [1.54, 1.807) is 0 Å². The largest absolute Gasteiger partial charge is 0.472 e. The zero-order chi connectivity index (χ0) is 16.7. The summed E-state index contributed by atoms with van der Waals surface area (Å²) >= 11 is 0. The smallest absolute Gasteiger partial charge is 0.272 e. The van der Waals surface area contributed by atoms with Crippen molar-refractivity contribution in [2.45, 2.75) is 44.6 Å². The highest BCUT2D eigenvalue weighted by molar-refractivity contribution is 5.94. The molecule has 128 valence electrons. The number of carbonyl (C=O) groups excluding carboxylic acids is 1. The molecule has 1 aromatic rings. The number of hydrogen-bond donors (Lipinski definition) is 2. The fraction of sp³-hybridized carbons (Fsp3) is 0.625. The van der Waals surface area contributed by atoms with E-state index >= 15 is 0 Å². The van der Waals surface area contributed by atoms with E-state index in [-0.39, 0.29) is 30.4 Å². The molecule has 7 heteroatoms. The molecule has 2 rings (SSSR count). The number of alkyl halides is 2. The van der Waals surface area contributed by atoms with Gasteiger partial charge in [0.2, 0.25) is 5.88 Å². The Hall–Kier alpha value is -1.76. The van der Waals surface area contributed by atoms with Crippen molar-refractivity contribution in [3.8, 4) is 5.88 Å². The molecule has 5 nitrogen and oxygen atoms in total. The van der Waals surface area contributed by atoms with Gasteiger partial charge in [0.25, 0.3) is 12.3 Å². The first kappa shape index (κ1) is 17.6. The summed E-state index contributed by atoms with van der Waals surface area (Å²) in [6.07, 6.45) is 3.70. The van der Waals surface area contributed by atoms with Crippen LogP contribution < -0.4 is 10.1 Å². The Labute approximate surface area is 134 Å². The maximum atomic E-state index is 12.3. The van der Waals surface area contributed by atoms with Gasteiger partial charge in [0, 0.05) is 30.8 Å². The highest BCUT2D eigenvalue weighted by atomic mass is 19.3. The molecule has 0 radical (unpaired) electrons. The van der Waals surface area contributed by atoms with E-state index in [0.29, 0.717) is 5.56 Å². The Morgan fingerprint density at radius 2 is 2.13 bits per heavy atom. The lowest BCUT2D eigenvalue weighted by molar-refractivity contribution is 0.0794. The monoisotopic (exact) mass is 328 g/mol. The van der Waals surface area contributed by atoms with Crippen LogP contribution in [0.3, 0.4) is 0 Å². The number of aromatic nitrogens is 1. The van der Waals surface area contributed by atoms with Crippen molar-refractivity contribution in [1.82, 2.24) is 10.3 Å². The lowest BCUT2D eigenvalue weighted by atomic mass is 9.95. The number of aliphatic hydroxyl groups excluding tert-OH is 1. The van der Waals surface area contributed by atoms with Gasteiger partial charge in [0.05, 0.1) is 5.56 Å². The van der Waals surface area contributed by atoms with Crippen molar-refractivity contribution in [1.29, 1.82) is 0 Å². The minimum atomic E-state index is -2.56. The van der Waals surface area contributed by atoms with Crippen LogP contribution in [0.15, 0.2) is 18.3 Å². The van der Waals surface area contributed by atoms with Gasteiger partial charge in [0.15, 0.2) is 6.61 Å². The quantitative estimate of drug-likeness (QED) is 0.787. The van der Waals surface area contributed by atoms with Gasteiger partial charge < -0.3 is 15.2 Å². The zero-order valence-electron chi connectivity index (χ0n) is 12.9. The maximum Gasteiger partial charge on any atom is 0.272 e. The maximum absolute atomic E-state index is 12.3. The van der Waals surface area contributed by atoms with E-state index in [0.717, 1.165) is 32.1 Å². The Morgan fingerprint density at radius 1 is 1.35 bits per heavy atom. The summed E-state index contributed by atoms with van der Waals surface area (Å²) in [5, 5.41) is 12.4. The van der Waals surface area contributed by atoms with Crippen LogP contribution in [0.5, 0.6) is 5.88 Å². The Bertz CT molecular complexity index is 497. The number of hydrogen-bond acceptors (Lipinski definition) is 4. The molecule has 1 aliphatic carbocycles. The molecule has 2 atom stereocenters. The number of ether oxygens (including phenoxy) is 1. The molecule has 2 unspecified atom stereocenters. The predicted octanol–water partition coefficient (Wildman–Crippen LogP) is 2.40. The van der Waals surface area contributed by atoms with Crippen LogP contribution in [0, 0.1) is 5.92 Å². The van der Waals surface area contributed by atoms with Crippen LogP contribution in [0.1, 0.15) is 42.5 Å². The van der Waals surface area contributed by atoms with Crippen molar-refractivity contribution in [3.63, 3.8) is 0 Å². The minimum absolute atomic E-state index is 0.0511. The van der Waals surface area contributed by atoms with Gasteiger partial charge in [-0.2, -0.15) is 0 Å². The van der Waals surface area contributed by atoms with Gasteiger partial charge in [-0.1, -0.05) is 19.3 Å². The summed E-state index contributed by atoms with van der Waals surface area (Å²) in [7, 11) is 0. The average molecular weight is 328 g/mol. The van der Waals surface area contributed by atoms with Crippen molar-refractivity contribution in [3.05, 3.63) is 23.9 Å². The summed E-state index contributed by atoms with van der Waals surface area (Å²) in [5.41, 5.74) is 0.343. The third-order valence-electron chi connectivity index (χ3n) is 4.07. The molecule has 0 aliphatic heterocycles. The second kappa shape index (κ2) is 8.76. The predicted molar refractivity (Wildman–Crippen MR) is 80.7 cm³/mol. The van der Waals surface area contributed by atoms with E-state index in [9.17, 15) is 18.7 Å². The zero-order valence-corrected chi connectivity index (χ0v) is 12.9. The number of aliphatic hydroxyl groups is 1. The SMILES string of the molecule is O=C(NC1CCCCCC1CO)c1ccc(OCC(F)F)nc1. The number of nitrogens with one attached hydrogen (secondary N) is 1. The molecule has 1 heterocycles. The van der Waals surface area contributed by atoms with Crippen LogP contribution in [-0.2, 0) is 0 Å². The molecule has 0 spiro atoms. The fourth-order valence-electron chi connectivity index (χ4n) is 2.79. The highest BCUT2D eigenvalue weighted by Gasteiger charge is 2.25. The molecule has 1 fully saturated rings. The van der Waals surface area contributed by atoms with Crippen LogP contribution in [0.4, 0.5) is 8.78 Å². The molecule has 1 aliphatic rings. The summed E-state index contributed by atoms with van der Waals surface area (Å²) in [5.74, 6) is -0.143. The van der Waals surface area contributed by atoms with Gasteiger partial charge in [-0.25, -0.2) is 13.8 Å². The van der Waals surface area contributed by atoms with E-state index in [2.05, 4.69) is 10.3 Å². The second-order valence-electron chi connectivity index (χ2n) is 5.75. The summed E-state index contributed by atoms with van der Waals surface area (Å²) in [6, 6.07) is 2.84. The topological polar surface area (TPSA) is 71.5 Å². The number of amides is 1. The van der Waals surface area contributed by atoms with Crippen LogP contribution >= 0.6 is 0 Å². The molecular formula is C16H22F2N2O3. The standard InChI is InChI=1S/C16H22F2N2O3/c17-14(18)10-23-15-7-6-11(8-19-15)16(22)20-13-5-3-1-2-4-12(13)9-21/h6-8,12-14,21H,1-5,9-10H2,(H,20,22). The first-order chi connectivity index (χ1) is 11.1. The Kier molecular flexibility index (Phi) is 6.70. The van der Waals surface area contributed by atoms with Gasteiger partial charge >= 0.3 is 0 Å². The number of nitrogens with zero attached hydrogens (tertiary/aromatic N) is 1. The molecule has 1 aromatic heterocycles. The highest BCUT2D eigenvalue weighted by Crippen LogP contribution is 2.23. The number of pyridine rings is 1. The van der Waals surface area contributed by atoms with E-state index in [4.69, 9.17) is 4.74 Å². The van der Waals surface area contributed by atoms with E-state index in [1.807, 2.05) is 0 Å². The molecule has 1 saturated carbocycles. The molecule has 0 aromatic carbocycles. The van der Waals surface area contributed by atoms with Gasteiger partial charge in [0.1, 0.15) is 0 Å². The van der Waals surface area contributed by atoms with Gasteiger partial charge in [-0.05, 0) is 18.9 Å². The fourth-order valence-corrected chi connectivity index (χ4v) is 2.79. The van der Waals surface area contributed by atoms with Crippen molar-refractivity contribution >= 4 is 5.91 Å². The second-order valence-corrected chi connectivity index (χ2v) is 5.75. The van der Waals surface area contributed by atoms with Crippen LogP contribution in [0.2, 0.25) is 0 Å². The summed E-state index contributed by atoms with van der Waals surface area (Å²) < 4.78 is 28.9. The Balaban J connectivity index is 1.94. The van der Waals surface area contributed by atoms with Gasteiger partial charge in [-0.15, -0.1) is 0 Å². The first-order valence-electron chi connectivity index (χ1n) is 7.89. The van der Waals surface area contributed by atoms with Crippen molar-refractivity contribution in [2.75, 3.05) is 13.2 Å². The Morgan fingerprint density at radius 3 is 2.78 bits per heavy atom. The molecule has 23 heavy (non-hydrogen) atoms. The average Bonchev–Trinajstić information content (AvgIpc) is 2.78. The number of carbonyl (C=O) groups is 1.